The predicted octanol–water partition coefficient (Wildman–Crippen LogP) is 1.83. The molecule has 0 unspecified atom stereocenters. The number of fused-ring (bicyclic) bond motifs is 1. The van der Waals surface area contributed by atoms with Crippen LogP contribution in [0.15, 0.2) is 30.3 Å². The van der Waals surface area contributed by atoms with Gasteiger partial charge in [0, 0.05) is 46.0 Å². The van der Waals surface area contributed by atoms with Crippen molar-refractivity contribution in [3.8, 4) is 0 Å². The number of hydrogen-bond donors (Lipinski definition) is 1. The van der Waals surface area contributed by atoms with Crippen LogP contribution in [0.4, 0.5) is 4.39 Å². The van der Waals surface area contributed by atoms with E-state index in [-0.39, 0.29) is 23.3 Å². The number of aromatic nitrogens is 2. The molecule has 2 aromatic rings. The molecule has 2 amide bonds. The molecule has 0 saturated carbocycles. The van der Waals surface area contributed by atoms with Gasteiger partial charge in [-0.15, -0.1) is 0 Å². The third-order valence-corrected chi connectivity index (χ3v) is 4.41. The minimum atomic E-state index is -0.305. The van der Waals surface area contributed by atoms with Crippen molar-refractivity contribution in [2.75, 3.05) is 26.8 Å². The molecule has 0 saturated heterocycles. The fraction of sp³-hybridized carbons (Fsp3) is 0.421. The molecule has 0 fully saturated rings. The number of benzene rings is 1. The number of carbonyl (C=O) groups excluding carboxylic acids is 2. The number of ether oxygens (including phenoxy) is 1. The second kappa shape index (κ2) is 8.77. The van der Waals surface area contributed by atoms with Crippen LogP contribution in [0.3, 0.4) is 0 Å². The van der Waals surface area contributed by atoms with Crippen molar-refractivity contribution >= 4 is 11.8 Å². The lowest BCUT2D eigenvalue weighted by Gasteiger charge is -2.20. The van der Waals surface area contributed by atoms with Crippen molar-refractivity contribution in [1.82, 2.24) is 20.0 Å². The maximum Gasteiger partial charge on any atom is 0.272 e. The standard InChI is InChI=1S/C19H23FN4O3/c1-27-11-2-8-21-18(25)16-12-17-19(26)23(9-3-10-24(17)22-16)13-14-4-6-15(20)7-5-14/h4-7,12H,2-3,8-11,13H2,1H3,(H,21,25). The van der Waals surface area contributed by atoms with Gasteiger partial charge in [0.05, 0.1) is 0 Å². The normalized spacial score (nSPS) is 14.0. The summed E-state index contributed by atoms with van der Waals surface area (Å²) in [6.45, 7) is 2.59. The van der Waals surface area contributed by atoms with Gasteiger partial charge in [-0.25, -0.2) is 4.39 Å². The van der Waals surface area contributed by atoms with Gasteiger partial charge in [0.1, 0.15) is 11.5 Å². The van der Waals surface area contributed by atoms with E-state index in [2.05, 4.69) is 10.4 Å². The number of rotatable bonds is 7. The number of amides is 2. The molecule has 1 N–H and O–H groups in total. The second-order valence-corrected chi connectivity index (χ2v) is 6.45. The summed E-state index contributed by atoms with van der Waals surface area (Å²) in [6.07, 6.45) is 1.44. The fourth-order valence-corrected chi connectivity index (χ4v) is 3.02. The Morgan fingerprint density at radius 2 is 2.07 bits per heavy atom. The second-order valence-electron chi connectivity index (χ2n) is 6.45. The van der Waals surface area contributed by atoms with Crippen molar-refractivity contribution in [3.05, 3.63) is 53.1 Å². The van der Waals surface area contributed by atoms with Gasteiger partial charge in [-0.3, -0.25) is 14.3 Å². The third-order valence-electron chi connectivity index (χ3n) is 4.41. The van der Waals surface area contributed by atoms with Gasteiger partial charge < -0.3 is 15.0 Å². The van der Waals surface area contributed by atoms with E-state index in [0.29, 0.717) is 44.9 Å². The Morgan fingerprint density at radius 1 is 1.30 bits per heavy atom. The maximum absolute atomic E-state index is 13.1. The number of nitrogens with one attached hydrogen (secondary N) is 1. The smallest absolute Gasteiger partial charge is 0.272 e. The van der Waals surface area contributed by atoms with Gasteiger partial charge in [-0.05, 0) is 30.5 Å². The highest BCUT2D eigenvalue weighted by atomic mass is 19.1. The number of methoxy groups -OCH3 is 1. The summed E-state index contributed by atoms with van der Waals surface area (Å²) in [6, 6.07) is 7.65. The highest BCUT2D eigenvalue weighted by molar-refractivity contribution is 5.98. The molecule has 3 rings (SSSR count). The average molecular weight is 374 g/mol. The van der Waals surface area contributed by atoms with Crippen molar-refractivity contribution in [2.45, 2.75) is 25.9 Å². The van der Waals surface area contributed by atoms with E-state index in [1.54, 1.807) is 28.8 Å². The van der Waals surface area contributed by atoms with Gasteiger partial charge in [0.2, 0.25) is 0 Å². The molecular formula is C19H23FN4O3. The number of hydrogen-bond acceptors (Lipinski definition) is 4. The largest absolute Gasteiger partial charge is 0.385 e. The zero-order chi connectivity index (χ0) is 19.2. The highest BCUT2D eigenvalue weighted by Crippen LogP contribution is 2.17. The third kappa shape index (κ3) is 4.71. The molecular weight excluding hydrogens is 351 g/mol. The Labute approximate surface area is 157 Å². The summed E-state index contributed by atoms with van der Waals surface area (Å²) in [5.74, 6) is -0.785. The van der Waals surface area contributed by atoms with Crippen LogP contribution in [-0.4, -0.2) is 53.3 Å². The lowest BCUT2D eigenvalue weighted by Crippen LogP contribution is -2.30. The summed E-state index contributed by atoms with van der Waals surface area (Å²) in [5, 5.41) is 7.06. The van der Waals surface area contributed by atoms with Crippen molar-refractivity contribution in [3.63, 3.8) is 0 Å². The Balaban J connectivity index is 1.69. The SMILES string of the molecule is COCCCNC(=O)c1cc2n(n1)CCCN(Cc1ccc(F)cc1)C2=O. The Bertz CT molecular complexity index is 804. The first-order chi connectivity index (χ1) is 13.1. The Morgan fingerprint density at radius 3 is 2.81 bits per heavy atom. The Hall–Kier alpha value is -2.74. The average Bonchev–Trinajstić information content (AvgIpc) is 3.04. The minimum Gasteiger partial charge on any atom is -0.385 e. The first kappa shape index (κ1) is 19.0. The van der Waals surface area contributed by atoms with E-state index >= 15 is 0 Å². The number of nitrogens with zero attached hydrogens (tertiary/aromatic N) is 3. The summed E-state index contributed by atoms with van der Waals surface area (Å²) >= 11 is 0. The molecule has 1 aromatic heterocycles. The summed E-state index contributed by atoms with van der Waals surface area (Å²) in [7, 11) is 1.61. The molecule has 0 radical (unpaired) electrons. The molecule has 8 heteroatoms. The number of aryl methyl sites for hydroxylation is 1. The Kier molecular flexibility index (Phi) is 6.18. The van der Waals surface area contributed by atoms with Crippen molar-refractivity contribution in [2.24, 2.45) is 0 Å². The lowest BCUT2D eigenvalue weighted by atomic mass is 10.2. The molecule has 1 aliphatic rings. The van der Waals surface area contributed by atoms with Crippen LogP contribution in [0.2, 0.25) is 0 Å². The molecule has 1 aliphatic heterocycles. The molecule has 1 aromatic carbocycles. The maximum atomic E-state index is 13.1. The van der Waals surface area contributed by atoms with Gasteiger partial charge >= 0.3 is 0 Å². The molecule has 27 heavy (non-hydrogen) atoms. The quantitative estimate of drug-likeness (QED) is 0.751. The van der Waals surface area contributed by atoms with E-state index in [9.17, 15) is 14.0 Å². The molecule has 0 aliphatic carbocycles. The molecule has 0 spiro atoms. The van der Waals surface area contributed by atoms with Crippen LogP contribution in [0.5, 0.6) is 0 Å². The first-order valence-electron chi connectivity index (χ1n) is 8.97. The van der Waals surface area contributed by atoms with Crippen LogP contribution in [-0.2, 0) is 17.8 Å². The zero-order valence-electron chi connectivity index (χ0n) is 15.3. The summed E-state index contributed by atoms with van der Waals surface area (Å²) in [5.41, 5.74) is 1.49. The topological polar surface area (TPSA) is 76.5 Å². The lowest BCUT2D eigenvalue weighted by molar-refractivity contribution is 0.0745. The minimum absolute atomic E-state index is 0.178. The van der Waals surface area contributed by atoms with Crippen LogP contribution < -0.4 is 5.32 Å². The van der Waals surface area contributed by atoms with Gasteiger partial charge in [-0.2, -0.15) is 5.10 Å². The monoisotopic (exact) mass is 374 g/mol. The van der Waals surface area contributed by atoms with Crippen LogP contribution in [0, 0.1) is 5.82 Å². The van der Waals surface area contributed by atoms with Crippen LogP contribution >= 0.6 is 0 Å². The van der Waals surface area contributed by atoms with Gasteiger partial charge in [-0.1, -0.05) is 12.1 Å². The highest BCUT2D eigenvalue weighted by Gasteiger charge is 2.26. The molecule has 0 atom stereocenters. The van der Waals surface area contributed by atoms with E-state index < -0.39 is 0 Å². The van der Waals surface area contributed by atoms with Crippen molar-refractivity contribution in [1.29, 1.82) is 0 Å². The van der Waals surface area contributed by atoms with E-state index in [4.69, 9.17) is 4.74 Å². The molecule has 7 nitrogen and oxygen atoms in total. The number of carbonyl (C=O) groups is 2. The van der Waals surface area contributed by atoms with Gasteiger partial charge in [0.15, 0.2) is 5.69 Å². The molecule has 2 heterocycles. The van der Waals surface area contributed by atoms with Crippen molar-refractivity contribution < 1.29 is 18.7 Å². The molecule has 144 valence electrons. The zero-order valence-corrected chi connectivity index (χ0v) is 15.3. The summed E-state index contributed by atoms with van der Waals surface area (Å²) in [4.78, 5) is 26.8. The fourth-order valence-electron chi connectivity index (χ4n) is 3.02. The van der Waals surface area contributed by atoms with Crippen LogP contribution in [0.25, 0.3) is 0 Å². The summed E-state index contributed by atoms with van der Waals surface area (Å²) < 4.78 is 19.6. The molecule has 0 bridgehead atoms. The van der Waals surface area contributed by atoms with E-state index in [1.165, 1.54) is 18.2 Å². The van der Waals surface area contributed by atoms with Crippen LogP contribution in [0.1, 0.15) is 39.4 Å². The first-order valence-corrected chi connectivity index (χ1v) is 8.97. The predicted molar refractivity (Wildman–Crippen MR) is 96.8 cm³/mol. The van der Waals surface area contributed by atoms with Gasteiger partial charge in [0.25, 0.3) is 11.8 Å². The van der Waals surface area contributed by atoms with E-state index in [1.807, 2.05) is 0 Å². The number of halogens is 1. The van der Waals surface area contributed by atoms with E-state index in [0.717, 1.165) is 12.0 Å².